The van der Waals surface area contributed by atoms with E-state index in [1.54, 1.807) is 11.3 Å². The second-order valence-electron chi connectivity index (χ2n) is 5.10. The third-order valence-corrected chi connectivity index (χ3v) is 5.06. The van der Waals surface area contributed by atoms with E-state index in [1.807, 2.05) is 0 Å². The van der Waals surface area contributed by atoms with Crippen molar-refractivity contribution in [3.63, 3.8) is 0 Å². The molecule has 1 aromatic heterocycles. The predicted molar refractivity (Wildman–Crippen MR) is 84.4 cm³/mol. The molecule has 0 spiro atoms. The lowest BCUT2D eigenvalue weighted by Crippen LogP contribution is -2.11. The largest absolute Gasteiger partial charge is 0.246 e. The molecule has 1 aromatic carbocycles. The maximum atomic E-state index is 6.14. The van der Waals surface area contributed by atoms with E-state index in [4.69, 9.17) is 11.6 Å². The van der Waals surface area contributed by atoms with Gasteiger partial charge in [0.1, 0.15) is 0 Å². The fraction of sp³-hybridized carbons (Fsp3) is 0.438. The normalized spacial score (nSPS) is 12.6. The summed E-state index contributed by atoms with van der Waals surface area (Å²) < 4.78 is 0. The Morgan fingerprint density at radius 3 is 2.47 bits per heavy atom. The van der Waals surface area contributed by atoms with E-state index in [0.717, 1.165) is 18.5 Å². The van der Waals surface area contributed by atoms with Crippen molar-refractivity contribution in [1.29, 1.82) is 0 Å². The average Bonchev–Trinajstić information content (AvgIpc) is 2.70. The van der Waals surface area contributed by atoms with Gasteiger partial charge in [-0.25, -0.2) is 4.98 Å². The molecule has 0 N–H and O–H groups in total. The number of aromatic nitrogens is 1. The van der Waals surface area contributed by atoms with Crippen molar-refractivity contribution >= 4 is 22.9 Å². The Labute approximate surface area is 124 Å². The Hall–Kier alpha value is -0.860. The van der Waals surface area contributed by atoms with Gasteiger partial charge >= 0.3 is 0 Å². The molecule has 1 nitrogen and oxygen atoms in total. The van der Waals surface area contributed by atoms with Crippen LogP contribution in [0.4, 0.5) is 0 Å². The molecule has 1 unspecified atom stereocenters. The van der Waals surface area contributed by atoms with Gasteiger partial charge in [0.15, 0.2) is 0 Å². The van der Waals surface area contributed by atoms with Crippen molar-refractivity contribution in [1.82, 2.24) is 4.98 Å². The van der Waals surface area contributed by atoms with Crippen LogP contribution in [0.3, 0.4) is 0 Å². The summed E-state index contributed by atoms with van der Waals surface area (Å²) in [7, 11) is 0. The van der Waals surface area contributed by atoms with E-state index in [-0.39, 0.29) is 0 Å². The van der Waals surface area contributed by atoms with Gasteiger partial charge in [-0.05, 0) is 44.2 Å². The zero-order valence-electron chi connectivity index (χ0n) is 11.7. The average molecular weight is 294 g/mol. The number of halogens is 1. The number of rotatable bonds is 5. The molecule has 0 bridgehead atoms. The molecule has 2 aromatic rings. The maximum absolute atomic E-state index is 6.14. The van der Waals surface area contributed by atoms with E-state index < -0.39 is 0 Å². The monoisotopic (exact) mass is 293 g/mol. The molecule has 0 saturated carbocycles. The third kappa shape index (κ3) is 3.80. The van der Waals surface area contributed by atoms with Crippen molar-refractivity contribution in [2.45, 2.75) is 33.6 Å². The summed E-state index contributed by atoms with van der Waals surface area (Å²) in [6.07, 6.45) is 2.02. The van der Waals surface area contributed by atoms with E-state index in [2.05, 4.69) is 50.0 Å². The Bertz CT molecular complexity index is 528. The van der Waals surface area contributed by atoms with E-state index in [0.29, 0.717) is 11.8 Å². The van der Waals surface area contributed by atoms with Gasteiger partial charge in [-0.15, -0.1) is 22.9 Å². The highest BCUT2D eigenvalue weighted by atomic mass is 35.5. The summed E-state index contributed by atoms with van der Waals surface area (Å²) in [5.41, 5.74) is 3.91. The molecule has 0 fully saturated rings. The summed E-state index contributed by atoms with van der Waals surface area (Å²) in [6.45, 7) is 6.37. The van der Waals surface area contributed by atoms with Crippen LogP contribution in [0.5, 0.6) is 0 Å². The highest BCUT2D eigenvalue weighted by Gasteiger charge is 2.14. The summed E-state index contributed by atoms with van der Waals surface area (Å²) in [6, 6.07) is 8.55. The van der Waals surface area contributed by atoms with Crippen molar-refractivity contribution in [3.8, 4) is 0 Å². The molecule has 0 radical (unpaired) electrons. The highest BCUT2D eigenvalue weighted by molar-refractivity contribution is 7.11. The van der Waals surface area contributed by atoms with E-state index in [1.165, 1.54) is 21.0 Å². The van der Waals surface area contributed by atoms with Crippen molar-refractivity contribution in [2.24, 2.45) is 5.92 Å². The first-order valence-electron chi connectivity index (χ1n) is 6.63. The zero-order chi connectivity index (χ0) is 13.8. The van der Waals surface area contributed by atoms with Crippen LogP contribution < -0.4 is 0 Å². The van der Waals surface area contributed by atoms with Gasteiger partial charge in [-0.2, -0.15) is 0 Å². The van der Waals surface area contributed by atoms with Crippen LogP contribution in [0.15, 0.2) is 24.3 Å². The molecule has 0 saturated heterocycles. The lowest BCUT2D eigenvalue weighted by atomic mass is 9.95. The fourth-order valence-electron chi connectivity index (χ4n) is 2.20. The van der Waals surface area contributed by atoms with Crippen molar-refractivity contribution in [2.75, 3.05) is 5.88 Å². The SMILES string of the molecule is Cc1ccccc1CC(CCl)Cc1nc(C)c(C)s1. The molecule has 1 heterocycles. The Kier molecular flexibility index (Phi) is 5.00. The number of thiazole rings is 1. The molecular formula is C16H20ClNS. The minimum absolute atomic E-state index is 0.465. The molecule has 0 aliphatic carbocycles. The highest BCUT2D eigenvalue weighted by Crippen LogP contribution is 2.23. The quantitative estimate of drug-likeness (QED) is 0.728. The second-order valence-corrected chi connectivity index (χ2v) is 6.70. The van der Waals surface area contributed by atoms with Crippen LogP contribution in [0.25, 0.3) is 0 Å². The van der Waals surface area contributed by atoms with Crippen molar-refractivity contribution < 1.29 is 0 Å². The van der Waals surface area contributed by atoms with Gasteiger partial charge in [0.25, 0.3) is 0 Å². The van der Waals surface area contributed by atoms with Crippen LogP contribution in [-0.4, -0.2) is 10.9 Å². The molecule has 2 rings (SSSR count). The molecule has 1 atom stereocenters. The minimum Gasteiger partial charge on any atom is -0.246 e. The van der Waals surface area contributed by atoms with Gasteiger partial charge in [-0.3, -0.25) is 0 Å². The van der Waals surface area contributed by atoms with E-state index in [9.17, 15) is 0 Å². The topological polar surface area (TPSA) is 12.9 Å². The first kappa shape index (κ1) is 14.5. The van der Waals surface area contributed by atoms with Crippen molar-refractivity contribution in [3.05, 3.63) is 51.0 Å². The van der Waals surface area contributed by atoms with Gasteiger partial charge in [-0.1, -0.05) is 24.3 Å². The number of aryl methyl sites for hydroxylation is 3. The predicted octanol–water partition coefficient (Wildman–Crippen LogP) is 4.71. The summed E-state index contributed by atoms with van der Waals surface area (Å²) in [5.74, 6) is 1.15. The van der Waals surface area contributed by atoms with Crippen LogP contribution in [0.1, 0.15) is 26.7 Å². The Morgan fingerprint density at radius 2 is 1.89 bits per heavy atom. The van der Waals surface area contributed by atoms with Gasteiger partial charge in [0, 0.05) is 17.2 Å². The number of hydrogen-bond donors (Lipinski definition) is 0. The van der Waals surface area contributed by atoms with Crippen LogP contribution in [0, 0.1) is 26.7 Å². The van der Waals surface area contributed by atoms with Gasteiger partial charge in [0.2, 0.25) is 0 Å². The summed E-state index contributed by atoms with van der Waals surface area (Å²) in [4.78, 5) is 5.94. The molecular weight excluding hydrogens is 274 g/mol. The molecule has 3 heteroatoms. The zero-order valence-corrected chi connectivity index (χ0v) is 13.3. The minimum atomic E-state index is 0.465. The molecule has 0 aliphatic rings. The molecule has 102 valence electrons. The third-order valence-electron chi connectivity index (χ3n) is 3.52. The first-order chi connectivity index (χ1) is 9.10. The summed E-state index contributed by atoms with van der Waals surface area (Å²) in [5, 5.41) is 1.22. The lowest BCUT2D eigenvalue weighted by molar-refractivity contribution is 0.580. The van der Waals surface area contributed by atoms with Crippen LogP contribution >= 0.6 is 22.9 Å². The smallest absolute Gasteiger partial charge is 0.0934 e. The number of benzene rings is 1. The summed E-state index contributed by atoms with van der Waals surface area (Å²) >= 11 is 7.95. The fourth-order valence-corrected chi connectivity index (χ4v) is 3.47. The maximum Gasteiger partial charge on any atom is 0.0934 e. The lowest BCUT2D eigenvalue weighted by Gasteiger charge is -2.14. The standard InChI is InChI=1S/C16H20ClNS/c1-11-6-4-5-7-15(11)8-14(10-17)9-16-18-12(2)13(3)19-16/h4-7,14H,8-10H2,1-3H3. The first-order valence-corrected chi connectivity index (χ1v) is 7.98. The van der Waals surface area contributed by atoms with Gasteiger partial charge < -0.3 is 0 Å². The number of nitrogens with zero attached hydrogens (tertiary/aromatic N) is 1. The number of hydrogen-bond acceptors (Lipinski definition) is 2. The number of alkyl halides is 1. The molecule has 0 amide bonds. The van der Waals surface area contributed by atoms with Crippen LogP contribution in [-0.2, 0) is 12.8 Å². The second kappa shape index (κ2) is 6.53. The van der Waals surface area contributed by atoms with Crippen LogP contribution in [0.2, 0.25) is 0 Å². The Balaban J connectivity index is 2.07. The molecule has 19 heavy (non-hydrogen) atoms. The van der Waals surface area contributed by atoms with E-state index >= 15 is 0 Å². The van der Waals surface area contributed by atoms with Gasteiger partial charge in [0.05, 0.1) is 10.7 Å². The molecule has 0 aliphatic heterocycles. The Morgan fingerprint density at radius 1 is 1.16 bits per heavy atom.